The van der Waals surface area contributed by atoms with Crippen LogP contribution in [-0.2, 0) is 0 Å². The summed E-state index contributed by atoms with van der Waals surface area (Å²) < 4.78 is 10.5. The number of hydrogen-bond acceptors (Lipinski definition) is 4. The van der Waals surface area contributed by atoms with E-state index < -0.39 is 5.97 Å². The summed E-state index contributed by atoms with van der Waals surface area (Å²) in [6.45, 7) is 1.88. The Balaban J connectivity index is 2.50. The third kappa shape index (κ3) is 2.37. The Morgan fingerprint density at radius 2 is 2.00 bits per heavy atom. The lowest BCUT2D eigenvalue weighted by Gasteiger charge is -2.11. The molecule has 0 aliphatic rings. The van der Waals surface area contributed by atoms with E-state index in [0.29, 0.717) is 17.2 Å². The molecule has 19 heavy (non-hydrogen) atoms. The number of ether oxygens (including phenoxy) is 2. The fourth-order valence-electron chi connectivity index (χ4n) is 1.88. The van der Waals surface area contributed by atoms with Gasteiger partial charge in [-0.1, -0.05) is 0 Å². The number of aromatic amines is 1. The van der Waals surface area contributed by atoms with Gasteiger partial charge in [-0.2, -0.15) is 5.10 Å². The molecule has 0 unspecified atom stereocenters. The molecule has 6 nitrogen and oxygen atoms in total. The maximum absolute atomic E-state index is 10.8. The average Bonchev–Trinajstić information content (AvgIpc) is 2.87. The van der Waals surface area contributed by atoms with Crippen LogP contribution in [-0.4, -0.2) is 35.5 Å². The largest absolute Gasteiger partial charge is 0.493 e. The number of H-pyrrole nitrogens is 1. The second-order valence-corrected chi connectivity index (χ2v) is 4.00. The molecule has 0 fully saturated rings. The fourth-order valence-corrected chi connectivity index (χ4v) is 1.88. The Hall–Kier alpha value is -2.50. The van der Waals surface area contributed by atoms with E-state index in [2.05, 4.69) is 10.2 Å². The SMILES string of the molecule is COc1cc(-c2cc(C(=O)O)[nH]n2)cc(C)c1OC. The zero-order chi connectivity index (χ0) is 14.0. The molecule has 0 aliphatic carbocycles. The molecular formula is C13H14N2O4. The third-order valence-corrected chi connectivity index (χ3v) is 2.77. The van der Waals surface area contributed by atoms with Crippen molar-refractivity contribution < 1.29 is 19.4 Å². The molecule has 1 heterocycles. The number of hydrogen-bond donors (Lipinski definition) is 2. The van der Waals surface area contributed by atoms with Crippen molar-refractivity contribution in [1.82, 2.24) is 10.2 Å². The second-order valence-electron chi connectivity index (χ2n) is 4.00. The lowest BCUT2D eigenvalue weighted by atomic mass is 10.1. The topological polar surface area (TPSA) is 84.4 Å². The standard InChI is InChI=1S/C13H14N2O4/c1-7-4-8(5-11(18-2)12(7)19-3)9-6-10(13(16)17)15-14-9/h4-6H,1-3H3,(H,14,15)(H,16,17). The van der Waals surface area contributed by atoms with Crippen LogP contribution < -0.4 is 9.47 Å². The molecule has 1 aromatic heterocycles. The first-order valence-electron chi connectivity index (χ1n) is 5.58. The average molecular weight is 262 g/mol. The molecule has 0 amide bonds. The van der Waals surface area contributed by atoms with Crippen LogP contribution in [0, 0.1) is 6.92 Å². The number of carbonyl (C=O) groups is 1. The van der Waals surface area contributed by atoms with E-state index >= 15 is 0 Å². The minimum atomic E-state index is -1.05. The summed E-state index contributed by atoms with van der Waals surface area (Å²) in [5, 5.41) is 15.3. The number of benzene rings is 1. The minimum Gasteiger partial charge on any atom is -0.493 e. The molecule has 100 valence electrons. The molecule has 0 saturated heterocycles. The summed E-state index contributed by atoms with van der Waals surface area (Å²) in [6.07, 6.45) is 0. The lowest BCUT2D eigenvalue weighted by Crippen LogP contribution is -1.95. The van der Waals surface area contributed by atoms with Gasteiger partial charge < -0.3 is 14.6 Å². The van der Waals surface area contributed by atoms with Gasteiger partial charge in [0, 0.05) is 5.56 Å². The Labute approximate surface area is 110 Å². The second kappa shape index (κ2) is 5.01. The fraction of sp³-hybridized carbons (Fsp3) is 0.231. The summed E-state index contributed by atoms with van der Waals surface area (Å²) in [5.74, 6) is 0.188. The Bertz CT molecular complexity index is 619. The maximum atomic E-state index is 10.8. The van der Waals surface area contributed by atoms with Crippen molar-refractivity contribution in [2.45, 2.75) is 6.92 Å². The summed E-state index contributed by atoms with van der Waals surface area (Å²) in [6, 6.07) is 5.10. The molecule has 0 spiro atoms. The molecule has 0 bridgehead atoms. The van der Waals surface area contributed by atoms with Crippen LogP contribution in [0.25, 0.3) is 11.3 Å². The molecule has 0 saturated carbocycles. The number of aromatic nitrogens is 2. The first kappa shape index (κ1) is 12.9. The predicted octanol–water partition coefficient (Wildman–Crippen LogP) is 2.10. The van der Waals surface area contributed by atoms with Crippen LogP contribution in [0.1, 0.15) is 16.1 Å². The predicted molar refractivity (Wildman–Crippen MR) is 68.8 cm³/mol. The van der Waals surface area contributed by atoms with Crippen molar-refractivity contribution in [3.63, 3.8) is 0 Å². The first-order chi connectivity index (χ1) is 9.06. The van der Waals surface area contributed by atoms with Gasteiger partial charge in [-0.05, 0) is 30.7 Å². The van der Waals surface area contributed by atoms with Crippen LogP contribution in [0.2, 0.25) is 0 Å². The Kier molecular flexibility index (Phi) is 3.41. The summed E-state index contributed by atoms with van der Waals surface area (Å²) >= 11 is 0. The van der Waals surface area contributed by atoms with Crippen LogP contribution in [0.3, 0.4) is 0 Å². The number of carboxylic acids is 1. The third-order valence-electron chi connectivity index (χ3n) is 2.77. The monoisotopic (exact) mass is 262 g/mol. The van der Waals surface area contributed by atoms with Crippen LogP contribution in [0.15, 0.2) is 18.2 Å². The number of rotatable bonds is 4. The van der Waals surface area contributed by atoms with Gasteiger partial charge in [-0.15, -0.1) is 0 Å². The van der Waals surface area contributed by atoms with Gasteiger partial charge in [0.05, 0.1) is 19.9 Å². The van der Waals surface area contributed by atoms with Crippen molar-refractivity contribution in [2.24, 2.45) is 0 Å². The summed E-state index contributed by atoms with van der Waals surface area (Å²) in [7, 11) is 3.12. The highest BCUT2D eigenvalue weighted by atomic mass is 16.5. The quantitative estimate of drug-likeness (QED) is 0.881. The Morgan fingerprint density at radius 3 is 2.53 bits per heavy atom. The molecule has 2 rings (SSSR count). The zero-order valence-corrected chi connectivity index (χ0v) is 10.9. The molecule has 0 radical (unpaired) electrons. The van der Waals surface area contributed by atoms with Gasteiger partial charge in [-0.3, -0.25) is 5.10 Å². The number of aromatic carboxylic acids is 1. The van der Waals surface area contributed by atoms with Crippen LogP contribution in [0.4, 0.5) is 0 Å². The molecular weight excluding hydrogens is 248 g/mol. The van der Waals surface area contributed by atoms with Crippen molar-refractivity contribution in [3.05, 3.63) is 29.5 Å². The smallest absolute Gasteiger partial charge is 0.353 e. The lowest BCUT2D eigenvalue weighted by molar-refractivity contribution is 0.0690. The van der Waals surface area contributed by atoms with E-state index in [4.69, 9.17) is 14.6 Å². The van der Waals surface area contributed by atoms with Crippen molar-refractivity contribution in [2.75, 3.05) is 14.2 Å². The van der Waals surface area contributed by atoms with Gasteiger partial charge in [0.15, 0.2) is 11.5 Å². The van der Waals surface area contributed by atoms with Gasteiger partial charge >= 0.3 is 5.97 Å². The van der Waals surface area contributed by atoms with E-state index in [1.807, 2.05) is 13.0 Å². The number of aryl methyl sites for hydroxylation is 1. The van der Waals surface area contributed by atoms with Gasteiger partial charge in [0.1, 0.15) is 5.69 Å². The van der Waals surface area contributed by atoms with E-state index in [1.165, 1.54) is 6.07 Å². The van der Waals surface area contributed by atoms with E-state index in [9.17, 15) is 4.79 Å². The summed E-state index contributed by atoms with van der Waals surface area (Å²) in [5.41, 5.74) is 2.24. The Morgan fingerprint density at radius 1 is 1.26 bits per heavy atom. The first-order valence-corrected chi connectivity index (χ1v) is 5.58. The number of nitrogens with zero attached hydrogens (tertiary/aromatic N) is 1. The molecule has 2 N–H and O–H groups in total. The van der Waals surface area contributed by atoms with E-state index in [1.54, 1.807) is 20.3 Å². The van der Waals surface area contributed by atoms with Gasteiger partial charge in [0.25, 0.3) is 0 Å². The number of methoxy groups -OCH3 is 2. The normalized spacial score (nSPS) is 10.3. The van der Waals surface area contributed by atoms with Crippen LogP contribution >= 0.6 is 0 Å². The van der Waals surface area contributed by atoms with Crippen molar-refractivity contribution in [3.8, 4) is 22.8 Å². The van der Waals surface area contributed by atoms with E-state index in [0.717, 1.165) is 11.1 Å². The number of nitrogens with one attached hydrogen (secondary N) is 1. The molecule has 6 heteroatoms. The highest BCUT2D eigenvalue weighted by molar-refractivity contribution is 5.87. The number of carboxylic acid groups (broad SMARTS) is 1. The van der Waals surface area contributed by atoms with Gasteiger partial charge in [0.2, 0.25) is 0 Å². The van der Waals surface area contributed by atoms with Crippen molar-refractivity contribution in [1.29, 1.82) is 0 Å². The molecule has 1 aromatic carbocycles. The van der Waals surface area contributed by atoms with Gasteiger partial charge in [-0.25, -0.2) is 4.79 Å². The molecule has 0 aliphatic heterocycles. The summed E-state index contributed by atoms with van der Waals surface area (Å²) in [4.78, 5) is 10.8. The zero-order valence-electron chi connectivity index (χ0n) is 10.9. The van der Waals surface area contributed by atoms with Crippen molar-refractivity contribution >= 4 is 5.97 Å². The highest BCUT2D eigenvalue weighted by Crippen LogP contribution is 2.35. The molecule has 2 aromatic rings. The minimum absolute atomic E-state index is 0.0439. The van der Waals surface area contributed by atoms with E-state index in [-0.39, 0.29) is 5.69 Å². The maximum Gasteiger partial charge on any atom is 0.353 e. The molecule has 0 atom stereocenters. The highest BCUT2D eigenvalue weighted by Gasteiger charge is 2.14. The van der Waals surface area contributed by atoms with Crippen LogP contribution in [0.5, 0.6) is 11.5 Å².